The molecule has 0 radical (unpaired) electrons. The van der Waals surface area contributed by atoms with Crippen LogP contribution >= 0.6 is 0 Å². The largest absolute Gasteiger partial charge is 0.488 e. The first-order valence-corrected chi connectivity index (χ1v) is 11.7. The van der Waals surface area contributed by atoms with Gasteiger partial charge in [-0.2, -0.15) is 0 Å². The molecule has 1 aromatic carbocycles. The molecule has 31 heavy (non-hydrogen) atoms. The van der Waals surface area contributed by atoms with Gasteiger partial charge in [-0.1, -0.05) is 26.0 Å². The van der Waals surface area contributed by atoms with E-state index in [9.17, 15) is 0 Å². The van der Waals surface area contributed by atoms with Crippen LogP contribution in [0, 0.1) is 12.8 Å². The predicted molar refractivity (Wildman–Crippen MR) is 125 cm³/mol. The number of hydrogen-bond donors (Lipinski definition) is 2. The number of nitrogens with zero attached hydrogens (tertiary/aromatic N) is 2. The van der Waals surface area contributed by atoms with Gasteiger partial charge in [0.15, 0.2) is 5.96 Å². The monoisotopic (exact) mass is 432 g/mol. The molecular weight excluding hydrogens is 392 g/mol. The molecule has 2 aliphatic rings. The molecule has 2 fully saturated rings. The molecule has 7 heteroatoms. The van der Waals surface area contributed by atoms with E-state index in [0.29, 0.717) is 25.1 Å². The summed E-state index contributed by atoms with van der Waals surface area (Å²) in [4.78, 5) is 7.39. The van der Waals surface area contributed by atoms with Gasteiger partial charge in [0, 0.05) is 44.2 Å². The number of hydrogen-bond acceptors (Lipinski definition) is 5. The van der Waals surface area contributed by atoms with E-state index in [1.54, 1.807) is 0 Å². The van der Waals surface area contributed by atoms with Crippen molar-refractivity contribution in [3.8, 4) is 5.75 Å². The highest BCUT2D eigenvalue weighted by molar-refractivity contribution is 5.79. The van der Waals surface area contributed by atoms with E-state index < -0.39 is 0 Å². The zero-order chi connectivity index (χ0) is 22.1. The van der Waals surface area contributed by atoms with Crippen molar-refractivity contribution in [1.29, 1.82) is 0 Å². The normalized spacial score (nSPS) is 21.3. The lowest BCUT2D eigenvalue weighted by Crippen LogP contribution is -2.52. The van der Waals surface area contributed by atoms with E-state index in [1.165, 1.54) is 5.56 Å². The van der Waals surface area contributed by atoms with Gasteiger partial charge in [0.2, 0.25) is 0 Å². The number of ether oxygens (including phenoxy) is 3. The molecule has 2 N–H and O–H groups in total. The number of rotatable bonds is 9. The Balaban J connectivity index is 1.64. The zero-order valence-corrected chi connectivity index (χ0v) is 19.7. The standard InChI is InChI=1S/C24H40N4O3/c1-5-25-24(27-16-22(18(2)3)28-9-12-29-13-10-28)26-15-20-7-6-19(4)14-23(20)31-21-8-11-30-17-21/h6-7,14,18,21-22H,5,8-13,15-17H2,1-4H3,(H2,25,26,27). The second kappa shape index (κ2) is 12.3. The van der Waals surface area contributed by atoms with Gasteiger partial charge in [-0.3, -0.25) is 4.90 Å². The van der Waals surface area contributed by atoms with E-state index >= 15 is 0 Å². The van der Waals surface area contributed by atoms with Crippen molar-refractivity contribution in [3.05, 3.63) is 29.3 Å². The van der Waals surface area contributed by atoms with Crippen LogP contribution in [-0.4, -0.2) is 75.6 Å². The summed E-state index contributed by atoms with van der Waals surface area (Å²) in [6, 6.07) is 6.80. The minimum absolute atomic E-state index is 0.135. The number of nitrogens with one attached hydrogen (secondary N) is 2. The average molecular weight is 433 g/mol. The molecule has 0 spiro atoms. The maximum Gasteiger partial charge on any atom is 0.191 e. The molecule has 7 nitrogen and oxygen atoms in total. The van der Waals surface area contributed by atoms with Crippen LogP contribution in [0.1, 0.15) is 38.3 Å². The van der Waals surface area contributed by atoms with E-state index in [2.05, 4.69) is 61.4 Å². The third-order valence-electron chi connectivity index (χ3n) is 5.92. The van der Waals surface area contributed by atoms with Gasteiger partial charge < -0.3 is 24.8 Å². The Morgan fingerprint density at radius 2 is 2.00 bits per heavy atom. The van der Waals surface area contributed by atoms with Crippen molar-refractivity contribution in [3.63, 3.8) is 0 Å². The summed E-state index contributed by atoms with van der Waals surface area (Å²) >= 11 is 0. The molecule has 174 valence electrons. The van der Waals surface area contributed by atoms with Crippen molar-refractivity contribution in [2.75, 3.05) is 52.6 Å². The number of aliphatic imine (C=N–C) groups is 1. The van der Waals surface area contributed by atoms with Gasteiger partial charge in [-0.05, 0) is 31.4 Å². The summed E-state index contributed by atoms with van der Waals surface area (Å²) in [5, 5.41) is 6.96. The van der Waals surface area contributed by atoms with Crippen molar-refractivity contribution in [2.45, 2.75) is 52.8 Å². The molecule has 2 aliphatic heterocycles. The minimum atomic E-state index is 0.135. The second-order valence-electron chi connectivity index (χ2n) is 8.75. The first-order valence-electron chi connectivity index (χ1n) is 11.7. The van der Waals surface area contributed by atoms with Crippen LogP contribution in [0.4, 0.5) is 0 Å². The van der Waals surface area contributed by atoms with Gasteiger partial charge in [-0.15, -0.1) is 0 Å². The second-order valence-corrected chi connectivity index (χ2v) is 8.75. The number of guanidine groups is 1. The SMILES string of the molecule is CCNC(=NCc1ccc(C)cc1OC1CCOC1)NCC(C(C)C)N1CCOCC1. The van der Waals surface area contributed by atoms with Crippen molar-refractivity contribution >= 4 is 5.96 Å². The van der Waals surface area contributed by atoms with Crippen LogP contribution in [0.5, 0.6) is 5.75 Å². The maximum absolute atomic E-state index is 6.23. The molecule has 0 bridgehead atoms. The van der Waals surface area contributed by atoms with Crippen LogP contribution in [0.3, 0.4) is 0 Å². The van der Waals surface area contributed by atoms with E-state index in [0.717, 1.165) is 69.7 Å². The molecule has 3 rings (SSSR count). The molecule has 2 atom stereocenters. The first-order chi connectivity index (χ1) is 15.1. The fraction of sp³-hybridized carbons (Fsp3) is 0.708. The van der Waals surface area contributed by atoms with Crippen molar-refractivity contribution in [2.24, 2.45) is 10.9 Å². The Morgan fingerprint density at radius 3 is 2.68 bits per heavy atom. The molecule has 0 aromatic heterocycles. The van der Waals surface area contributed by atoms with Gasteiger partial charge in [-0.25, -0.2) is 4.99 Å². The fourth-order valence-electron chi connectivity index (χ4n) is 4.09. The molecule has 2 saturated heterocycles. The predicted octanol–water partition coefficient (Wildman–Crippen LogP) is 2.57. The lowest BCUT2D eigenvalue weighted by molar-refractivity contribution is 0.00752. The smallest absolute Gasteiger partial charge is 0.191 e. The summed E-state index contributed by atoms with van der Waals surface area (Å²) in [6.45, 7) is 16.1. The molecule has 0 amide bonds. The highest BCUT2D eigenvalue weighted by atomic mass is 16.5. The lowest BCUT2D eigenvalue weighted by atomic mass is 10.0. The van der Waals surface area contributed by atoms with E-state index in [4.69, 9.17) is 19.2 Å². The third kappa shape index (κ3) is 7.37. The summed E-state index contributed by atoms with van der Waals surface area (Å²) in [5.74, 6) is 2.32. The maximum atomic E-state index is 6.23. The summed E-state index contributed by atoms with van der Waals surface area (Å²) in [6.07, 6.45) is 1.08. The Kier molecular flexibility index (Phi) is 9.43. The van der Waals surface area contributed by atoms with Crippen LogP contribution in [0.25, 0.3) is 0 Å². The van der Waals surface area contributed by atoms with Crippen LogP contribution < -0.4 is 15.4 Å². The Morgan fingerprint density at radius 1 is 1.19 bits per heavy atom. The number of morpholine rings is 1. The molecule has 0 saturated carbocycles. The Bertz CT molecular complexity index is 698. The summed E-state index contributed by atoms with van der Waals surface area (Å²) < 4.78 is 17.2. The molecule has 2 unspecified atom stereocenters. The number of aryl methyl sites for hydroxylation is 1. The van der Waals surface area contributed by atoms with Gasteiger partial charge in [0.25, 0.3) is 0 Å². The molecule has 1 aromatic rings. The van der Waals surface area contributed by atoms with Gasteiger partial charge >= 0.3 is 0 Å². The molecule has 2 heterocycles. The highest BCUT2D eigenvalue weighted by Crippen LogP contribution is 2.24. The molecular formula is C24H40N4O3. The third-order valence-corrected chi connectivity index (χ3v) is 5.92. The summed E-state index contributed by atoms with van der Waals surface area (Å²) in [7, 11) is 0. The van der Waals surface area contributed by atoms with Gasteiger partial charge in [0.1, 0.15) is 11.9 Å². The minimum Gasteiger partial charge on any atom is -0.488 e. The summed E-state index contributed by atoms with van der Waals surface area (Å²) in [5.41, 5.74) is 2.29. The Labute approximate surface area is 187 Å². The van der Waals surface area contributed by atoms with E-state index in [-0.39, 0.29) is 6.10 Å². The van der Waals surface area contributed by atoms with Crippen LogP contribution in [-0.2, 0) is 16.0 Å². The van der Waals surface area contributed by atoms with Crippen molar-refractivity contribution < 1.29 is 14.2 Å². The van der Waals surface area contributed by atoms with Gasteiger partial charge in [0.05, 0.1) is 33.0 Å². The molecule has 0 aliphatic carbocycles. The van der Waals surface area contributed by atoms with Crippen LogP contribution in [0.2, 0.25) is 0 Å². The van der Waals surface area contributed by atoms with Crippen LogP contribution in [0.15, 0.2) is 23.2 Å². The Hall–Kier alpha value is -1.83. The zero-order valence-electron chi connectivity index (χ0n) is 19.7. The number of benzene rings is 1. The van der Waals surface area contributed by atoms with Crippen molar-refractivity contribution in [1.82, 2.24) is 15.5 Å². The fourth-order valence-corrected chi connectivity index (χ4v) is 4.09. The quantitative estimate of drug-likeness (QED) is 0.462. The topological polar surface area (TPSA) is 67.4 Å². The van der Waals surface area contributed by atoms with E-state index in [1.807, 2.05) is 0 Å². The lowest BCUT2D eigenvalue weighted by Gasteiger charge is -2.37. The highest BCUT2D eigenvalue weighted by Gasteiger charge is 2.24. The average Bonchev–Trinajstić information content (AvgIpc) is 3.27. The first kappa shape index (κ1) is 23.8.